The van der Waals surface area contributed by atoms with Gasteiger partial charge in [-0.2, -0.15) is 0 Å². The summed E-state index contributed by atoms with van der Waals surface area (Å²) >= 11 is 0. The number of benzene rings is 2. The number of hydrogen-bond donors (Lipinski definition) is 1. The Morgan fingerprint density at radius 3 is 2.48 bits per heavy atom. The van der Waals surface area contributed by atoms with E-state index in [0.29, 0.717) is 24.5 Å². The Morgan fingerprint density at radius 2 is 1.76 bits per heavy atom. The molecule has 0 spiro atoms. The quantitative estimate of drug-likeness (QED) is 0.829. The van der Waals surface area contributed by atoms with E-state index >= 15 is 0 Å². The van der Waals surface area contributed by atoms with Crippen molar-refractivity contribution in [1.82, 2.24) is 0 Å². The van der Waals surface area contributed by atoms with E-state index in [1.54, 1.807) is 19.2 Å². The standard InChI is InChI=1S/C17H19NO3/c1-13-7-9-14(10-8-13)18-17(19)15-5-3-4-6-16(15)21-12-11-20-2/h3-10H,11-12H2,1-2H3,(H,18,19). The number of hydrogen-bond acceptors (Lipinski definition) is 3. The molecule has 0 heterocycles. The maximum absolute atomic E-state index is 12.3. The minimum absolute atomic E-state index is 0.188. The number of carbonyl (C=O) groups is 1. The lowest BCUT2D eigenvalue weighted by Gasteiger charge is -2.11. The number of amides is 1. The summed E-state index contributed by atoms with van der Waals surface area (Å²) in [5.41, 5.74) is 2.42. The molecule has 0 bridgehead atoms. The molecule has 0 atom stereocenters. The zero-order valence-electron chi connectivity index (χ0n) is 12.3. The minimum Gasteiger partial charge on any atom is -0.490 e. The summed E-state index contributed by atoms with van der Waals surface area (Å²) < 4.78 is 10.5. The molecular formula is C17H19NO3. The average Bonchev–Trinajstić information content (AvgIpc) is 2.50. The Morgan fingerprint density at radius 1 is 1.05 bits per heavy atom. The Labute approximate surface area is 124 Å². The smallest absolute Gasteiger partial charge is 0.259 e. The van der Waals surface area contributed by atoms with Gasteiger partial charge in [0.1, 0.15) is 12.4 Å². The van der Waals surface area contributed by atoms with Gasteiger partial charge in [0.2, 0.25) is 0 Å². The lowest BCUT2D eigenvalue weighted by Crippen LogP contribution is -2.14. The summed E-state index contributed by atoms with van der Waals surface area (Å²) in [5, 5.41) is 2.87. The molecule has 4 nitrogen and oxygen atoms in total. The third-order valence-corrected chi connectivity index (χ3v) is 2.99. The van der Waals surface area contributed by atoms with Crippen LogP contribution in [0.25, 0.3) is 0 Å². The summed E-state index contributed by atoms with van der Waals surface area (Å²) in [6.07, 6.45) is 0. The first-order valence-corrected chi connectivity index (χ1v) is 6.79. The molecule has 0 aliphatic rings. The molecule has 110 valence electrons. The highest BCUT2D eigenvalue weighted by molar-refractivity contribution is 6.06. The summed E-state index contributed by atoms with van der Waals surface area (Å²) in [6, 6.07) is 14.8. The average molecular weight is 285 g/mol. The SMILES string of the molecule is COCCOc1ccccc1C(=O)Nc1ccc(C)cc1. The first-order valence-electron chi connectivity index (χ1n) is 6.79. The third-order valence-electron chi connectivity index (χ3n) is 2.99. The normalized spacial score (nSPS) is 10.2. The fourth-order valence-corrected chi connectivity index (χ4v) is 1.85. The molecule has 1 N–H and O–H groups in total. The highest BCUT2D eigenvalue weighted by Crippen LogP contribution is 2.20. The molecule has 0 saturated carbocycles. The van der Waals surface area contributed by atoms with Gasteiger partial charge in [-0.1, -0.05) is 29.8 Å². The van der Waals surface area contributed by atoms with Gasteiger partial charge in [-0.15, -0.1) is 0 Å². The van der Waals surface area contributed by atoms with Crippen molar-refractivity contribution >= 4 is 11.6 Å². The predicted octanol–water partition coefficient (Wildman–Crippen LogP) is 3.27. The number of anilines is 1. The number of aryl methyl sites for hydroxylation is 1. The van der Waals surface area contributed by atoms with Crippen molar-refractivity contribution in [2.24, 2.45) is 0 Å². The van der Waals surface area contributed by atoms with E-state index in [1.807, 2.05) is 43.3 Å². The van der Waals surface area contributed by atoms with Crippen LogP contribution in [0.1, 0.15) is 15.9 Å². The highest BCUT2D eigenvalue weighted by atomic mass is 16.5. The maximum Gasteiger partial charge on any atom is 0.259 e. The van der Waals surface area contributed by atoms with Crippen molar-refractivity contribution in [3.63, 3.8) is 0 Å². The van der Waals surface area contributed by atoms with Gasteiger partial charge in [0.25, 0.3) is 5.91 Å². The van der Waals surface area contributed by atoms with Gasteiger partial charge in [-0.3, -0.25) is 4.79 Å². The second kappa shape index (κ2) is 7.45. The maximum atomic E-state index is 12.3. The van der Waals surface area contributed by atoms with Crippen LogP contribution in [-0.2, 0) is 4.74 Å². The number of rotatable bonds is 6. The molecule has 2 aromatic rings. The predicted molar refractivity (Wildman–Crippen MR) is 82.9 cm³/mol. The molecule has 2 rings (SSSR count). The van der Waals surface area contributed by atoms with Crippen molar-refractivity contribution in [3.8, 4) is 5.75 Å². The Hall–Kier alpha value is -2.33. The monoisotopic (exact) mass is 285 g/mol. The minimum atomic E-state index is -0.188. The molecule has 0 aliphatic carbocycles. The molecule has 0 aromatic heterocycles. The molecule has 0 aliphatic heterocycles. The molecular weight excluding hydrogens is 266 g/mol. The van der Waals surface area contributed by atoms with Gasteiger partial charge in [-0.25, -0.2) is 0 Å². The first kappa shape index (κ1) is 15.1. The highest BCUT2D eigenvalue weighted by Gasteiger charge is 2.12. The topological polar surface area (TPSA) is 47.6 Å². The van der Waals surface area contributed by atoms with Crippen molar-refractivity contribution in [3.05, 3.63) is 59.7 Å². The summed E-state index contributed by atoms with van der Waals surface area (Å²) in [4.78, 5) is 12.3. The van der Waals surface area contributed by atoms with Crippen LogP contribution in [-0.4, -0.2) is 26.2 Å². The Kier molecular flexibility index (Phi) is 5.35. The van der Waals surface area contributed by atoms with Gasteiger partial charge in [-0.05, 0) is 31.2 Å². The van der Waals surface area contributed by atoms with Crippen molar-refractivity contribution in [2.75, 3.05) is 25.6 Å². The lowest BCUT2D eigenvalue weighted by molar-refractivity contribution is 0.101. The number of methoxy groups -OCH3 is 1. The van der Waals surface area contributed by atoms with Crippen LogP contribution < -0.4 is 10.1 Å². The summed E-state index contributed by atoms with van der Waals surface area (Å²) in [6.45, 7) is 2.89. The molecule has 0 unspecified atom stereocenters. The summed E-state index contributed by atoms with van der Waals surface area (Å²) in [5.74, 6) is 0.367. The van der Waals surface area contributed by atoms with Crippen LogP contribution in [0.4, 0.5) is 5.69 Å². The van der Waals surface area contributed by atoms with E-state index < -0.39 is 0 Å². The summed E-state index contributed by atoms with van der Waals surface area (Å²) in [7, 11) is 1.61. The molecule has 21 heavy (non-hydrogen) atoms. The van der Waals surface area contributed by atoms with E-state index in [9.17, 15) is 4.79 Å². The molecule has 0 saturated heterocycles. The van der Waals surface area contributed by atoms with Crippen LogP contribution in [0.2, 0.25) is 0 Å². The molecule has 0 radical (unpaired) electrons. The zero-order valence-corrected chi connectivity index (χ0v) is 12.3. The van der Waals surface area contributed by atoms with Crippen molar-refractivity contribution in [2.45, 2.75) is 6.92 Å². The van der Waals surface area contributed by atoms with Gasteiger partial charge >= 0.3 is 0 Å². The van der Waals surface area contributed by atoms with Crippen molar-refractivity contribution in [1.29, 1.82) is 0 Å². The second-order valence-corrected chi connectivity index (χ2v) is 4.66. The van der Waals surface area contributed by atoms with Crippen LogP contribution in [0.15, 0.2) is 48.5 Å². The van der Waals surface area contributed by atoms with Gasteiger partial charge in [0.05, 0.1) is 12.2 Å². The molecule has 2 aromatic carbocycles. The molecule has 1 amide bonds. The number of carbonyl (C=O) groups excluding carboxylic acids is 1. The van der Waals surface area contributed by atoms with E-state index in [2.05, 4.69) is 5.32 Å². The van der Waals surface area contributed by atoms with Gasteiger partial charge in [0.15, 0.2) is 0 Å². The molecule has 4 heteroatoms. The first-order chi connectivity index (χ1) is 10.2. The van der Waals surface area contributed by atoms with Gasteiger partial charge < -0.3 is 14.8 Å². The van der Waals surface area contributed by atoms with E-state index in [4.69, 9.17) is 9.47 Å². The van der Waals surface area contributed by atoms with E-state index in [1.165, 1.54) is 0 Å². The third kappa shape index (κ3) is 4.33. The van der Waals surface area contributed by atoms with Crippen molar-refractivity contribution < 1.29 is 14.3 Å². The Balaban J connectivity index is 2.09. The van der Waals surface area contributed by atoms with E-state index in [0.717, 1.165) is 11.3 Å². The largest absolute Gasteiger partial charge is 0.490 e. The number of nitrogens with one attached hydrogen (secondary N) is 1. The zero-order chi connectivity index (χ0) is 15.1. The van der Waals surface area contributed by atoms with Crippen LogP contribution in [0.5, 0.6) is 5.75 Å². The van der Waals surface area contributed by atoms with Crippen LogP contribution in [0.3, 0.4) is 0 Å². The fourth-order valence-electron chi connectivity index (χ4n) is 1.85. The van der Waals surface area contributed by atoms with E-state index in [-0.39, 0.29) is 5.91 Å². The second-order valence-electron chi connectivity index (χ2n) is 4.66. The number of para-hydroxylation sites is 1. The Bertz CT molecular complexity index is 593. The number of ether oxygens (including phenoxy) is 2. The van der Waals surface area contributed by atoms with Crippen LogP contribution in [0, 0.1) is 6.92 Å². The van der Waals surface area contributed by atoms with Gasteiger partial charge in [0, 0.05) is 12.8 Å². The fraction of sp³-hybridized carbons (Fsp3) is 0.235. The lowest BCUT2D eigenvalue weighted by atomic mass is 10.1. The van der Waals surface area contributed by atoms with Crippen LogP contribution >= 0.6 is 0 Å². The molecule has 0 fully saturated rings.